The van der Waals surface area contributed by atoms with Crippen molar-refractivity contribution in [2.75, 3.05) is 10.5 Å². The minimum atomic E-state index is -3.74. The summed E-state index contributed by atoms with van der Waals surface area (Å²) in [6.45, 7) is 0. The number of benzene rings is 3. The number of hydrogen-bond donors (Lipinski definition) is 3. The molecule has 0 aromatic heterocycles. The van der Waals surface area contributed by atoms with Crippen molar-refractivity contribution in [3.63, 3.8) is 0 Å². The van der Waals surface area contributed by atoms with E-state index in [9.17, 15) is 22.4 Å². The fraction of sp³-hybridized carbons (Fsp3) is 0.0476. The van der Waals surface area contributed by atoms with E-state index >= 15 is 0 Å². The van der Waals surface area contributed by atoms with E-state index in [2.05, 4.69) is 15.6 Å². The van der Waals surface area contributed by atoms with Crippen molar-refractivity contribution in [3.05, 3.63) is 90.2 Å². The number of carbonyl (C=O) groups is 2. The van der Waals surface area contributed by atoms with Crippen LogP contribution in [0.5, 0.6) is 0 Å². The van der Waals surface area contributed by atoms with Crippen LogP contribution in [0.3, 0.4) is 0 Å². The average molecular weight is 460 g/mol. The topological polar surface area (TPSA) is 104 Å². The molecule has 0 bridgehead atoms. The third kappa shape index (κ3) is 6.30. The summed E-state index contributed by atoms with van der Waals surface area (Å²) in [4.78, 5) is 24.5. The van der Waals surface area contributed by atoms with Gasteiger partial charge >= 0.3 is 0 Å². The van der Waals surface area contributed by atoms with Gasteiger partial charge in [0.1, 0.15) is 5.82 Å². The number of hydrazine groups is 1. The number of carbonyl (C=O) groups excluding carboxylic acids is 2. The molecule has 0 saturated heterocycles. The number of anilines is 1. The lowest BCUT2D eigenvalue weighted by molar-refractivity contribution is -0.119. The van der Waals surface area contributed by atoms with Gasteiger partial charge < -0.3 is 0 Å². The Kier molecular flexibility index (Phi) is 7.27. The number of hydrogen-bond acceptors (Lipinski definition) is 5. The van der Waals surface area contributed by atoms with Crippen LogP contribution in [-0.4, -0.2) is 26.0 Å². The van der Waals surface area contributed by atoms with Crippen LogP contribution in [0.4, 0.5) is 10.1 Å². The first kappa shape index (κ1) is 22.3. The molecule has 3 rings (SSSR count). The van der Waals surface area contributed by atoms with Crippen molar-refractivity contribution >= 4 is 39.3 Å². The van der Waals surface area contributed by atoms with Gasteiger partial charge in [-0.05, 0) is 48.5 Å². The maximum absolute atomic E-state index is 13.5. The molecular weight excluding hydrogens is 441 g/mol. The zero-order valence-electron chi connectivity index (χ0n) is 16.0. The SMILES string of the molecule is O=C(CSc1ccccc1F)NNC(=O)c1ccc(NS(=O)(=O)c2ccccc2)cc1. The predicted octanol–water partition coefficient (Wildman–Crippen LogP) is 3.18. The molecule has 31 heavy (non-hydrogen) atoms. The van der Waals surface area contributed by atoms with Crippen molar-refractivity contribution in [3.8, 4) is 0 Å². The summed E-state index contributed by atoms with van der Waals surface area (Å²) in [5, 5.41) is 0. The Morgan fingerprint density at radius 1 is 0.839 bits per heavy atom. The summed E-state index contributed by atoms with van der Waals surface area (Å²) < 4.78 is 40.6. The average Bonchev–Trinajstić information content (AvgIpc) is 2.78. The Morgan fingerprint density at radius 3 is 2.16 bits per heavy atom. The molecule has 160 valence electrons. The molecule has 3 aromatic carbocycles. The highest BCUT2D eigenvalue weighted by Crippen LogP contribution is 2.20. The van der Waals surface area contributed by atoms with Crippen LogP contribution in [0, 0.1) is 5.82 Å². The Morgan fingerprint density at radius 2 is 1.48 bits per heavy atom. The van der Waals surface area contributed by atoms with Crippen molar-refractivity contribution in [2.45, 2.75) is 9.79 Å². The van der Waals surface area contributed by atoms with Gasteiger partial charge in [0.15, 0.2) is 0 Å². The van der Waals surface area contributed by atoms with E-state index < -0.39 is 27.7 Å². The van der Waals surface area contributed by atoms with E-state index in [-0.39, 0.29) is 21.9 Å². The van der Waals surface area contributed by atoms with Gasteiger partial charge in [-0.2, -0.15) is 0 Å². The first-order valence-corrected chi connectivity index (χ1v) is 11.5. The molecule has 7 nitrogen and oxygen atoms in total. The van der Waals surface area contributed by atoms with Crippen LogP contribution in [0.2, 0.25) is 0 Å². The number of amides is 2. The van der Waals surface area contributed by atoms with Gasteiger partial charge in [-0.15, -0.1) is 11.8 Å². The first-order valence-electron chi connectivity index (χ1n) is 8.99. The van der Waals surface area contributed by atoms with Crippen LogP contribution >= 0.6 is 11.8 Å². The number of halogens is 1. The predicted molar refractivity (Wildman–Crippen MR) is 116 cm³/mol. The molecule has 3 aromatic rings. The van der Waals surface area contributed by atoms with E-state index in [1.807, 2.05) is 0 Å². The van der Waals surface area contributed by atoms with Crippen LogP contribution in [0.15, 0.2) is 88.7 Å². The van der Waals surface area contributed by atoms with Gasteiger partial charge in [0.05, 0.1) is 10.6 Å². The molecule has 0 heterocycles. The quantitative estimate of drug-likeness (QED) is 0.372. The summed E-state index contributed by atoms with van der Waals surface area (Å²) in [6.07, 6.45) is 0. The molecule has 0 atom stereocenters. The zero-order valence-corrected chi connectivity index (χ0v) is 17.7. The zero-order chi connectivity index (χ0) is 22.3. The van der Waals surface area contributed by atoms with Crippen molar-refractivity contribution in [1.82, 2.24) is 10.9 Å². The lowest BCUT2D eigenvalue weighted by Crippen LogP contribution is -2.42. The minimum absolute atomic E-state index is 0.0819. The molecule has 10 heteroatoms. The number of nitrogens with one attached hydrogen (secondary N) is 3. The second-order valence-corrected chi connectivity index (χ2v) is 8.92. The Bertz CT molecular complexity index is 1170. The second-order valence-electron chi connectivity index (χ2n) is 6.22. The van der Waals surface area contributed by atoms with Gasteiger partial charge in [-0.25, -0.2) is 12.8 Å². The number of thioether (sulfide) groups is 1. The highest BCUT2D eigenvalue weighted by atomic mass is 32.2. The van der Waals surface area contributed by atoms with E-state index in [0.717, 1.165) is 11.8 Å². The molecule has 0 aliphatic carbocycles. The molecule has 0 spiro atoms. The van der Waals surface area contributed by atoms with Crippen LogP contribution < -0.4 is 15.6 Å². The van der Waals surface area contributed by atoms with E-state index in [0.29, 0.717) is 4.90 Å². The maximum Gasteiger partial charge on any atom is 0.269 e. The van der Waals surface area contributed by atoms with Crippen molar-refractivity contribution < 1.29 is 22.4 Å². The molecule has 2 amide bonds. The molecular formula is C21H18FN3O4S2. The lowest BCUT2D eigenvalue weighted by Gasteiger charge is -2.10. The Hall–Kier alpha value is -3.37. The van der Waals surface area contributed by atoms with E-state index in [4.69, 9.17) is 0 Å². The smallest absolute Gasteiger partial charge is 0.269 e. The highest BCUT2D eigenvalue weighted by Gasteiger charge is 2.14. The van der Waals surface area contributed by atoms with Crippen LogP contribution in [-0.2, 0) is 14.8 Å². The fourth-order valence-electron chi connectivity index (χ4n) is 2.44. The Labute approximate surface area is 183 Å². The molecule has 0 radical (unpaired) electrons. The number of sulfonamides is 1. The lowest BCUT2D eigenvalue weighted by atomic mass is 10.2. The standard InChI is InChI=1S/C21H18FN3O4S2/c22-18-8-4-5-9-19(18)30-14-20(26)23-24-21(27)15-10-12-16(13-11-15)25-31(28,29)17-6-2-1-3-7-17/h1-13,25H,14H2,(H,23,26)(H,24,27). The summed E-state index contributed by atoms with van der Waals surface area (Å²) in [6, 6.07) is 19.7. The van der Waals surface area contributed by atoms with Gasteiger partial charge in [0.2, 0.25) is 5.91 Å². The van der Waals surface area contributed by atoms with Crippen LogP contribution in [0.1, 0.15) is 10.4 Å². The first-order chi connectivity index (χ1) is 14.8. The summed E-state index contributed by atoms with van der Waals surface area (Å²) in [5.74, 6) is -1.59. The molecule has 0 unspecified atom stereocenters. The molecule has 0 aliphatic heterocycles. The molecule has 0 aliphatic rings. The second kappa shape index (κ2) is 10.1. The Balaban J connectivity index is 1.51. The summed E-state index contributed by atoms with van der Waals surface area (Å²) >= 11 is 1.00. The third-order valence-corrected chi connectivity index (χ3v) is 6.41. The van der Waals surface area contributed by atoms with Gasteiger partial charge in [0, 0.05) is 16.1 Å². The normalized spacial score (nSPS) is 10.9. The highest BCUT2D eigenvalue weighted by molar-refractivity contribution is 8.00. The maximum atomic E-state index is 13.5. The molecule has 0 saturated carbocycles. The molecule has 3 N–H and O–H groups in total. The third-order valence-electron chi connectivity index (χ3n) is 3.96. The summed E-state index contributed by atoms with van der Waals surface area (Å²) in [5.41, 5.74) is 5.01. The van der Waals surface area contributed by atoms with Crippen molar-refractivity contribution in [2.24, 2.45) is 0 Å². The van der Waals surface area contributed by atoms with Gasteiger partial charge in [-0.1, -0.05) is 30.3 Å². The van der Waals surface area contributed by atoms with Gasteiger partial charge in [0.25, 0.3) is 15.9 Å². The minimum Gasteiger partial charge on any atom is -0.280 e. The monoisotopic (exact) mass is 459 g/mol. The van der Waals surface area contributed by atoms with E-state index in [1.54, 1.807) is 36.4 Å². The largest absolute Gasteiger partial charge is 0.280 e. The van der Waals surface area contributed by atoms with Crippen molar-refractivity contribution in [1.29, 1.82) is 0 Å². The number of rotatable bonds is 7. The van der Waals surface area contributed by atoms with E-state index in [1.165, 1.54) is 42.5 Å². The van der Waals surface area contributed by atoms with Crippen LogP contribution in [0.25, 0.3) is 0 Å². The van der Waals surface area contributed by atoms with Gasteiger partial charge in [-0.3, -0.25) is 25.2 Å². The molecule has 0 fully saturated rings. The fourth-order valence-corrected chi connectivity index (χ4v) is 4.26. The summed E-state index contributed by atoms with van der Waals surface area (Å²) in [7, 11) is -3.74.